The Kier molecular flexibility index (Phi) is 14.5. The van der Waals surface area contributed by atoms with E-state index in [-0.39, 0.29) is 42.7 Å². The van der Waals surface area contributed by atoms with Gasteiger partial charge in [0.1, 0.15) is 0 Å². The molecule has 16 heteroatoms. The lowest BCUT2D eigenvalue weighted by molar-refractivity contribution is -0.137. The number of hydrogen-bond donors (Lipinski definition) is 7. The van der Waals surface area contributed by atoms with Crippen molar-refractivity contribution in [1.29, 1.82) is 0 Å². The van der Waals surface area contributed by atoms with Gasteiger partial charge >= 0.3 is 6.18 Å². The molecule has 0 atom stereocenters. The van der Waals surface area contributed by atoms with Gasteiger partial charge in [-0.15, -0.1) is 0 Å². The van der Waals surface area contributed by atoms with Gasteiger partial charge in [0.15, 0.2) is 0 Å². The van der Waals surface area contributed by atoms with Gasteiger partial charge in [-0.2, -0.15) is 13.2 Å². The molecular weight excluding hydrogens is 691 g/mol. The number of nitrogens with one attached hydrogen (secondary N) is 5. The molecule has 0 saturated heterocycles. The molecule has 2 aromatic heterocycles. The molecular formula is C37H42F3N9O4. The standard InChI is InChI=1S/C37H42F3N9O4/c38-37(39,40)24-17-27(22-43-20-24)46-33(50)11-3-1-5-13-35(52)48-31-10-8-7-9-30(31)45-26-15-16-29(42)32(19-26)49-36(53)14-6-2-4-12-34(51)47-28-18-25(41)21-44-23-28/h7-10,15-23,45H,1-6,11-14,41-42H2,(H,46,50)(H,47,51)(H,48,52)(H,49,53). The van der Waals surface area contributed by atoms with Gasteiger partial charge in [0.25, 0.3) is 0 Å². The normalized spacial score (nSPS) is 11.0. The maximum absolute atomic E-state index is 12.9. The smallest absolute Gasteiger partial charge is 0.397 e. The van der Waals surface area contributed by atoms with E-state index < -0.39 is 17.6 Å². The summed E-state index contributed by atoms with van der Waals surface area (Å²) in [4.78, 5) is 57.2. The third kappa shape index (κ3) is 13.8. The molecule has 9 N–H and O–H groups in total. The number of nitrogens with two attached hydrogens (primary N) is 2. The number of carbonyl (C=O) groups is 4. The number of halogens is 3. The zero-order valence-corrected chi connectivity index (χ0v) is 28.9. The highest BCUT2D eigenvalue weighted by Gasteiger charge is 2.31. The van der Waals surface area contributed by atoms with Crippen LogP contribution in [0.4, 0.5) is 58.7 Å². The number of aromatic nitrogens is 2. The first-order valence-electron chi connectivity index (χ1n) is 17.0. The summed E-state index contributed by atoms with van der Waals surface area (Å²) in [6.07, 6.45) is 4.48. The van der Waals surface area contributed by atoms with Crippen LogP contribution in [-0.4, -0.2) is 33.6 Å². The molecule has 0 bridgehead atoms. The first-order valence-corrected chi connectivity index (χ1v) is 17.0. The fourth-order valence-electron chi connectivity index (χ4n) is 5.16. The molecule has 0 saturated carbocycles. The van der Waals surface area contributed by atoms with Crippen molar-refractivity contribution in [2.75, 3.05) is 38.1 Å². The van der Waals surface area contributed by atoms with E-state index in [1.165, 1.54) is 12.4 Å². The van der Waals surface area contributed by atoms with E-state index in [4.69, 9.17) is 11.5 Å². The highest BCUT2D eigenvalue weighted by molar-refractivity contribution is 5.97. The van der Waals surface area contributed by atoms with E-state index in [2.05, 4.69) is 36.6 Å². The van der Waals surface area contributed by atoms with Crippen LogP contribution in [0.15, 0.2) is 79.4 Å². The Labute approximate surface area is 304 Å². The average molecular weight is 734 g/mol. The third-order valence-corrected chi connectivity index (χ3v) is 7.82. The Morgan fingerprint density at radius 2 is 1.06 bits per heavy atom. The van der Waals surface area contributed by atoms with Gasteiger partial charge in [0.2, 0.25) is 23.6 Å². The van der Waals surface area contributed by atoms with Crippen molar-refractivity contribution in [3.8, 4) is 0 Å². The molecule has 4 rings (SSSR count). The first-order chi connectivity index (χ1) is 25.4. The Balaban J connectivity index is 1.16. The quantitative estimate of drug-likeness (QED) is 0.0400. The molecule has 13 nitrogen and oxygen atoms in total. The van der Waals surface area contributed by atoms with Crippen molar-refractivity contribution >= 4 is 69.1 Å². The number of anilines is 8. The first kappa shape index (κ1) is 39.6. The summed E-state index contributed by atoms with van der Waals surface area (Å²) >= 11 is 0. The highest BCUT2D eigenvalue weighted by atomic mass is 19.4. The molecule has 0 unspecified atom stereocenters. The molecule has 2 heterocycles. The molecule has 0 radical (unpaired) electrons. The largest absolute Gasteiger partial charge is 0.417 e. The van der Waals surface area contributed by atoms with E-state index in [1.54, 1.807) is 48.5 Å². The number of unbranched alkanes of at least 4 members (excludes halogenated alkanes) is 4. The molecule has 0 aliphatic rings. The zero-order chi connectivity index (χ0) is 38.2. The minimum atomic E-state index is -4.56. The van der Waals surface area contributed by atoms with Crippen LogP contribution in [0.2, 0.25) is 0 Å². The monoisotopic (exact) mass is 733 g/mol. The summed E-state index contributed by atoms with van der Waals surface area (Å²) < 4.78 is 38.6. The number of carbonyl (C=O) groups excluding carboxylic acids is 4. The lowest BCUT2D eigenvalue weighted by atomic mass is 10.1. The van der Waals surface area contributed by atoms with E-state index in [0.717, 1.165) is 12.3 Å². The predicted octanol–water partition coefficient (Wildman–Crippen LogP) is 7.46. The zero-order valence-electron chi connectivity index (χ0n) is 28.9. The Morgan fingerprint density at radius 3 is 1.62 bits per heavy atom. The molecule has 0 aliphatic heterocycles. The van der Waals surface area contributed by atoms with E-state index >= 15 is 0 Å². The van der Waals surface area contributed by atoms with Crippen LogP contribution < -0.4 is 38.1 Å². The van der Waals surface area contributed by atoms with Crippen molar-refractivity contribution < 1.29 is 32.3 Å². The molecule has 280 valence electrons. The summed E-state index contributed by atoms with van der Waals surface area (Å²) in [6, 6.07) is 14.7. The van der Waals surface area contributed by atoms with Crippen molar-refractivity contribution in [2.24, 2.45) is 0 Å². The van der Waals surface area contributed by atoms with Crippen molar-refractivity contribution in [2.45, 2.75) is 70.4 Å². The molecule has 0 fully saturated rings. The Morgan fingerprint density at radius 1 is 0.547 bits per heavy atom. The highest BCUT2D eigenvalue weighted by Crippen LogP contribution is 2.31. The number of pyridine rings is 2. The number of hydrogen-bond acceptors (Lipinski definition) is 9. The molecule has 0 spiro atoms. The van der Waals surface area contributed by atoms with Gasteiger partial charge < -0.3 is 38.1 Å². The fourth-order valence-corrected chi connectivity index (χ4v) is 5.16. The van der Waals surface area contributed by atoms with Crippen LogP contribution in [0.25, 0.3) is 0 Å². The molecule has 53 heavy (non-hydrogen) atoms. The van der Waals surface area contributed by atoms with Gasteiger partial charge in [-0.05, 0) is 68.1 Å². The summed E-state index contributed by atoms with van der Waals surface area (Å²) in [7, 11) is 0. The minimum Gasteiger partial charge on any atom is -0.397 e. The number of nitrogens with zero attached hydrogens (tertiary/aromatic N) is 2. The van der Waals surface area contributed by atoms with Crippen molar-refractivity contribution in [3.05, 3.63) is 84.9 Å². The number of para-hydroxylation sites is 2. The van der Waals surface area contributed by atoms with Crippen molar-refractivity contribution in [3.63, 3.8) is 0 Å². The van der Waals surface area contributed by atoms with Gasteiger partial charge in [-0.25, -0.2) is 0 Å². The molecule has 0 aliphatic carbocycles. The lowest BCUT2D eigenvalue weighted by Gasteiger charge is -2.15. The Bertz CT molecular complexity index is 1890. The third-order valence-electron chi connectivity index (χ3n) is 7.82. The minimum absolute atomic E-state index is 0.0343. The van der Waals surface area contributed by atoms with Crippen LogP contribution >= 0.6 is 0 Å². The van der Waals surface area contributed by atoms with Crippen LogP contribution in [0, 0.1) is 0 Å². The van der Waals surface area contributed by atoms with Crippen LogP contribution in [0.5, 0.6) is 0 Å². The number of alkyl halides is 3. The van der Waals surface area contributed by atoms with E-state index in [1.807, 2.05) is 0 Å². The summed E-state index contributed by atoms with van der Waals surface area (Å²) in [5, 5.41) is 14.1. The van der Waals surface area contributed by atoms with Gasteiger partial charge in [0.05, 0.1) is 57.8 Å². The van der Waals surface area contributed by atoms with Crippen LogP contribution in [-0.2, 0) is 25.4 Å². The van der Waals surface area contributed by atoms with Gasteiger partial charge in [-0.3, -0.25) is 29.1 Å². The molecule has 2 aromatic carbocycles. The van der Waals surface area contributed by atoms with Gasteiger partial charge in [-0.1, -0.05) is 25.0 Å². The van der Waals surface area contributed by atoms with E-state index in [9.17, 15) is 32.3 Å². The number of rotatable bonds is 18. The van der Waals surface area contributed by atoms with E-state index in [0.29, 0.717) is 91.0 Å². The molecule has 4 aromatic rings. The fraction of sp³-hybridized carbons (Fsp3) is 0.297. The number of amides is 4. The van der Waals surface area contributed by atoms with Gasteiger partial charge in [0, 0.05) is 43.8 Å². The van der Waals surface area contributed by atoms with Crippen LogP contribution in [0.3, 0.4) is 0 Å². The second-order valence-electron chi connectivity index (χ2n) is 12.3. The second-order valence-corrected chi connectivity index (χ2v) is 12.3. The predicted molar refractivity (Wildman–Crippen MR) is 199 cm³/mol. The lowest BCUT2D eigenvalue weighted by Crippen LogP contribution is -2.14. The topological polar surface area (TPSA) is 206 Å². The summed E-state index contributed by atoms with van der Waals surface area (Å²) in [6.45, 7) is 0. The Hall–Kier alpha value is -6.19. The molecule has 4 amide bonds. The SMILES string of the molecule is Nc1cncc(NC(=O)CCCCCC(=O)Nc2cc(Nc3ccccc3NC(=O)CCCCCC(=O)Nc3cncc(C(F)(F)F)c3)ccc2N)c1. The maximum Gasteiger partial charge on any atom is 0.417 e. The summed E-state index contributed by atoms with van der Waals surface area (Å²) in [5.74, 6) is -1.05. The summed E-state index contributed by atoms with van der Waals surface area (Å²) in [5.41, 5.74) is 14.4. The average Bonchev–Trinajstić information content (AvgIpc) is 3.10. The maximum atomic E-state index is 12.9. The number of nitrogen functional groups attached to an aromatic ring is 2. The van der Waals surface area contributed by atoms with Crippen LogP contribution in [0.1, 0.15) is 69.8 Å². The van der Waals surface area contributed by atoms with Crippen molar-refractivity contribution in [1.82, 2.24) is 9.97 Å². The second kappa shape index (κ2) is 19.4. The number of benzene rings is 2.